The molecule has 1 atom stereocenters. The molecule has 29 heavy (non-hydrogen) atoms. The van der Waals surface area contributed by atoms with Gasteiger partial charge in [-0.05, 0) is 18.2 Å². The molecule has 11 heteroatoms. The Hall–Kier alpha value is -3.18. The largest absolute Gasteiger partial charge is 0.481 e. The topological polar surface area (TPSA) is 134 Å². The molecule has 9 nitrogen and oxygen atoms in total. The quantitative estimate of drug-likeness (QED) is 0.391. The number of thioether (sulfide) groups is 1. The van der Waals surface area contributed by atoms with Crippen LogP contribution in [0.4, 0.5) is 5.69 Å². The van der Waals surface area contributed by atoms with E-state index in [9.17, 15) is 19.7 Å². The van der Waals surface area contributed by atoms with Crippen molar-refractivity contribution in [2.24, 2.45) is 10.2 Å². The molecule has 1 fully saturated rings. The van der Waals surface area contributed by atoms with Gasteiger partial charge in [0, 0.05) is 27.5 Å². The van der Waals surface area contributed by atoms with E-state index < -0.39 is 22.0 Å². The Bertz CT molecular complexity index is 1010. The number of carbonyl (C=O) groups excluding carboxylic acids is 1. The summed E-state index contributed by atoms with van der Waals surface area (Å²) in [6.45, 7) is 0. The number of non-ortho nitro benzene ring substituents is 1. The SMILES string of the molecule is O=C(O)CC1SC(=NN=Cc2cc([N+](=O)[O-])ccc2Sc2ccccc2)NC1=O. The number of carbonyl (C=O) groups is 2. The molecule has 1 aliphatic heterocycles. The van der Waals surface area contributed by atoms with Crippen LogP contribution in [0, 0.1) is 10.1 Å². The molecule has 1 unspecified atom stereocenters. The molecule has 0 aromatic heterocycles. The lowest BCUT2D eigenvalue weighted by atomic mass is 10.2. The highest BCUT2D eigenvalue weighted by Gasteiger charge is 2.32. The van der Waals surface area contributed by atoms with E-state index in [-0.39, 0.29) is 17.3 Å². The first-order valence-electron chi connectivity index (χ1n) is 8.24. The van der Waals surface area contributed by atoms with E-state index in [1.54, 1.807) is 6.07 Å². The molecule has 3 rings (SSSR count). The van der Waals surface area contributed by atoms with Crippen molar-refractivity contribution in [2.45, 2.75) is 21.5 Å². The van der Waals surface area contributed by atoms with E-state index in [0.717, 1.165) is 21.6 Å². The number of carboxylic acids is 1. The van der Waals surface area contributed by atoms with Crippen LogP contribution in [-0.4, -0.2) is 38.5 Å². The molecule has 1 amide bonds. The zero-order valence-corrected chi connectivity index (χ0v) is 16.4. The minimum Gasteiger partial charge on any atom is -0.481 e. The fourth-order valence-corrected chi connectivity index (χ4v) is 4.18. The second-order valence-corrected chi connectivity index (χ2v) is 8.04. The maximum Gasteiger partial charge on any atom is 0.305 e. The van der Waals surface area contributed by atoms with Crippen molar-refractivity contribution in [1.82, 2.24) is 5.32 Å². The second kappa shape index (κ2) is 9.34. The number of nitro benzene ring substituents is 1. The van der Waals surface area contributed by atoms with Crippen molar-refractivity contribution in [1.29, 1.82) is 0 Å². The van der Waals surface area contributed by atoms with E-state index in [1.807, 2.05) is 30.3 Å². The lowest BCUT2D eigenvalue weighted by Gasteiger charge is -2.05. The van der Waals surface area contributed by atoms with Gasteiger partial charge in [0.2, 0.25) is 5.91 Å². The van der Waals surface area contributed by atoms with E-state index in [4.69, 9.17) is 5.11 Å². The van der Waals surface area contributed by atoms with E-state index >= 15 is 0 Å². The number of hydrogen-bond acceptors (Lipinski definition) is 8. The second-order valence-electron chi connectivity index (χ2n) is 5.74. The van der Waals surface area contributed by atoms with Gasteiger partial charge in [0.1, 0.15) is 5.25 Å². The van der Waals surface area contributed by atoms with Crippen LogP contribution < -0.4 is 5.32 Å². The van der Waals surface area contributed by atoms with Gasteiger partial charge in [-0.15, -0.1) is 5.10 Å². The maximum atomic E-state index is 11.7. The van der Waals surface area contributed by atoms with Crippen molar-refractivity contribution < 1.29 is 19.6 Å². The summed E-state index contributed by atoms with van der Waals surface area (Å²) < 4.78 is 0. The Morgan fingerprint density at radius 2 is 2.07 bits per heavy atom. The average Bonchev–Trinajstić information content (AvgIpc) is 3.02. The molecular weight excluding hydrogens is 416 g/mol. The highest BCUT2D eigenvalue weighted by Crippen LogP contribution is 2.31. The van der Waals surface area contributed by atoms with Crippen LogP contribution in [0.25, 0.3) is 0 Å². The van der Waals surface area contributed by atoms with Crippen LogP contribution in [0.3, 0.4) is 0 Å². The molecule has 0 radical (unpaired) electrons. The zero-order valence-electron chi connectivity index (χ0n) is 14.7. The monoisotopic (exact) mass is 430 g/mol. The molecule has 1 heterocycles. The van der Waals surface area contributed by atoms with Crippen molar-refractivity contribution in [3.05, 3.63) is 64.2 Å². The maximum absolute atomic E-state index is 11.7. The van der Waals surface area contributed by atoms with Gasteiger partial charge in [-0.2, -0.15) is 5.10 Å². The minimum atomic E-state index is -1.08. The predicted octanol–water partition coefficient (Wildman–Crippen LogP) is 3.14. The number of hydrogen-bond donors (Lipinski definition) is 2. The first-order valence-corrected chi connectivity index (χ1v) is 9.93. The summed E-state index contributed by atoms with van der Waals surface area (Å²) in [7, 11) is 0. The number of amides is 1. The third kappa shape index (κ3) is 5.65. The summed E-state index contributed by atoms with van der Waals surface area (Å²) in [5, 5.41) is 29.6. The van der Waals surface area contributed by atoms with Crippen molar-refractivity contribution in [3.63, 3.8) is 0 Å². The molecule has 1 aliphatic rings. The number of nitrogens with one attached hydrogen (secondary N) is 1. The van der Waals surface area contributed by atoms with Gasteiger partial charge in [-0.25, -0.2) is 0 Å². The Labute approximate surface area is 173 Å². The molecule has 1 saturated heterocycles. The normalized spacial score (nSPS) is 17.6. The minimum absolute atomic E-state index is 0.0819. The summed E-state index contributed by atoms with van der Waals surface area (Å²) >= 11 is 2.40. The summed E-state index contributed by atoms with van der Waals surface area (Å²) in [6, 6.07) is 14.0. The number of benzene rings is 2. The third-order valence-corrected chi connectivity index (χ3v) is 5.83. The van der Waals surface area contributed by atoms with E-state index in [1.165, 1.54) is 30.1 Å². The van der Waals surface area contributed by atoms with Crippen LogP contribution in [-0.2, 0) is 9.59 Å². The molecule has 148 valence electrons. The summed E-state index contributed by atoms with van der Waals surface area (Å²) in [4.78, 5) is 34.8. The smallest absolute Gasteiger partial charge is 0.305 e. The molecule has 0 bridgehead atoms. The number of aliphatic carboxylic acids is 1. The number of carboxylic acid groups (broad SMARTS) is 1. The predicted molar refractivity (Wildman–Crippen MR) is 110 cm³/mol. The van der Waals surface area contributed by atoms with Gasteiger partial charge in [-0.1, -0.05) is 41.7 Å². The Morgan fingerprint density at radius 1 is 1.31 bits per heavy atom. The summed E-state index contributed by atoms with van der Waals surface area (Å²) in [5.41, 5.74) is 0.412. The van der Waals surface area contributed by atoms with Crippen molar-refractivity contribution in [3.8, 4) is 0 Å². The zero-order chi connectivity index (χ0) is 20.8. The molecule has 0 aliphatic carbocycles. The average molecular weight is 430 g/mol. The first kappa shape index (κ1) is 20.6. The third-order valence-electron chi connectivity index (χ3n) is 3.66. The number of nitro groups is 1. The van der Waals surface area contributed by atoms with Crippen LogP contribution in [0.5, 0.6) is 0 Å². The van der Waals surface area contributed by atoms with Crippen LogP contribution in [0.2, 0.25) is 0 Å². The van der Waals surface area contributed by atoms with Gasteiger partial charge in [-0.3, -0.25) is 19.7 Å². The van der Waals surface area contributed by atoms with Gasteiger partial charge in [0.25, 0.3) is 5.69 Å². The van der Waals surface area contributed by atoms with Crippen LogP contribution in [0.1, 0.15) is 12.0 Å². The Morgan fingerprint density at radius 3 is 2.76 bits per heavy atom. The number of nitrogens with zero attached hydrogens (tertiary/aromatic N) is 3. The molecule has 2 aromatic rings. The van der Waals surface area contributed by atoms with Crippen LogP contribution in [0.15, 0.2) is 68.5 Å². The first-order chi connectivity index (χ1) is 13.9. The lowest BCUT2D eigenvalue weighted by Crippen LogP contribution is -2.26. The van der Waals surface area contributed by atoms with E-state index in [0.29, 0.717) is 5.56 Å². The lowest BCUT2D eigenvalue weighted by molar-refractivity contribution is -0.384. The summed E-state index contributed by atoms with van der Waals surface area (Å²) in [5.74, 6) is -1.52. The van der Waals surface area contributed by atoms with Crippen LogP contribution >= 0.6 is 23.5 Å². The van der Waals surface area contributed by atoms with Crippen molar-refractivity contribution >= 4 is 52.5 Å². The number of amidine groups is 1. The van der Waals surface area contributed by atoms with Gasteiger partial charge in [0.05, 0.1) is 17.6 Å². The fraction of sp³-hybridized carbons (Fsp3) is 0.111. The molecular formula is C18H14N4O5S2. The molecule has 2 aromatic carbocycles. The summed E-state index contributed by atoms with van der Waals surface area (Å²) in [6.07, 6.45) is 1.05. The van der Waals surface area contributed by atoms with Gasteiger partial charge < -0.3 is 10.4 Å². The Kier molecular flexibility index (Phi) is 6.62. The Balaban J connectivity index is 1.81. The molecule has 0 spiro atoms. The molecule has 2 N–H and O–H groups in total. The standard InChI is InChI=1S/C18H14N4O5S2/c23-16(24)9-15-17(25)20-18(29-15)21-19-10-11-8-12(22(26)27)6-7-14(11)28-13-4-2-1-3-5-13/h1-8,10,15H,9H2,(H,23,24)(H,20,21,25). The highest BCUT2D eigenvalue weighted by molar-refractivity contribution is 8.15. The highest BCUT2D eigenvalue weighted by atomic mass is 32.2. The van der Waals surface area contributed by atoms with Gasteiger partial charge in [0.15, 0.2) is 5.17 Å². The number of rotatable bonds is 7. The van der Waals surface area contributed by atoms with Gasteiger partial charge >= 0.3 is 5.97 Å². The fourth-order valence-electron chi connectivity index (χ4n) is 2.35. The van der Waals surface area contributed by atoms with Crippen molar-refractivity contribution in [2.75, 3.05) is 0 Å². The van der Waals surface area contributed by atoms with E-state index in [2.05, 4.69) is 15.5 Å². The molecule has 0 saturated carbocycles.